The Morgan fingerprint density at radius 3 is 2.59 bits per heavy atom. The largest absolute Gasteiger partial charge is 0.465 e. The van der Waals surface area contributed by atoms with Gasteiger partial charge in [-0.25, -0.2) is 9.59 Å². The minimum Gasteiger partial charge on any atom is -0.465 e. The van der Waals surface area contributed by atoms with Crippen LogP contribution in [0.5, 0.6) is 11.5 Å². The Kier molecular flexibility index (Phi) is 5.53. The van der Waals surface area contributed by atoms with E-state index in [-0.39, 0.29) is 12.8 Å². The predicted molar refractivity (Wildman–Crippen MR) is 106 cm³/mol. The summed E-state index contributed by atoms with van der Waals surface area (Å²) in [5.41, 5.74) is 1.94. The van der Waals surface area contributed by atoms with Crippen LogP contribution in [0.15, 0.2) is 42.5 Å². The van der Waals surface area contributed by atoms with Crippen LogP contribution in [0.4, 0.5) is 10.5 Å². The van der Waals surface area contributed by atoms with E-state index in [0.29, 0.717) is 24.3 Å². The molecule has 2 aromatic rings. The Bertz CT molecular complexity index is 909. The van der Waals surface area contributed by atoms with E-state index in [2.05, 4.69) is 10.2 Å². The number of benzene rings is 2. The number of para-hydroxylation sites is 1. The second kappa shape index (κ2) is 8.40. The molecular weight excluding hydrogens is 374 g/mol. The molecule has 2 heterocycles. The Morgan fingerprint density at radius 1 is 1.03 bits per heavy atom. The molecule has 0 unspecified atom stereocenters. The number of nitrogens with one attached hydrogen (secondary N) is 1. The highest BCUT2D eigenvalue weighted by atomic mass is 16.7. The normalized spacial score (nSPS) is 15.8. The van der Waals surface area contributed by atoms with Gasteiger partial charge in [0.25, 0.3) is 0 Å². The van der Waals surface area contributed by atoms with Crippen LogP contribution in [0.3, 0.4) is 0 Å². The van der Waals surface area contributed by atoms with E-state index in [4.69, 9.17) is 14.2 Å². The number of urea groups is 1. The average Bonchev–Trinajstić information content (AvgIpc) is 3.22. The van der Waals surface area contributed by atoms with Crippen molar-refractivity contribution in [2.45, 2.75) is 6.54 Å². The molecular formula is C21H23N3O5. The molecule has 4 rings (SSSR count). The molecule has 152 valence electrons. The van der Waals surface area contributed by atoms with Crippen molar-refractivity contribution < 1.29 is 23.8 Å². The zero-order chi connectivity index (χ0) is 20.2. The van der Waals surface area contributed by atoms with Crippen LogP contribution < -0.4 is 14.8 Å². The zero-order valence-corrected chi connectivity index (χ0v) is 16.2. The molecule has 29 heavy (non-hydrogen) atoms. The zero-order valence-electron chi connectivity index (χ0n) is 16.2. The summed E-state index contributed by atoms with van der Waals surface area (Å²) in [7, 11) is 1.32. The van der Waals surface area contributed by atoms with E-state index in [0.717, 1.165) is 36.7 Å². The standard InChI is InChI=1S/C21H23N3O5/c1-27-20(25)16-4-2-3-5-17(16)22-21(26)24-10-8-23(9-11-24)13-15-6-7-18-19(12-15)29-14-28-18/h2-7,12H,8-11,13-14H2,1H3,(H,22,26). The molecule has 2 aliphatic rings. The molecule has 1 N–H and O–H groups in total. The topological polar surface area (TPSA) is 80.3 Å². The molecule has 2 aromatic carbocycles. The van der Waals surface area contributed by atoms with Crippen LogP contribution in [0, 0.1) is 0 Å². The number of hydrogen-bond acceptors (Lipinski definition) is 6. The van der Waals surface area contributed by atoms with Gasteiger partial charge in [0.1, 0.15) is 0 Å². The minimum absolute atomic E-state index is 0.218. The van der Waals surface area contributed by atoms with E-state index in [1.54, 1.807) is 29.2 Å². The maximum absolute atomic E-state index is 12.6. The number of nitrogens with zero attached hydrogens (tertiary/aromatic N) is 2. The number of anilines is 1. The third kappa shape index (κ3) is 4.27. The number of carbonyl (C=O) groups excluding carboxylic acids is 2. The Hall–Kier alpha value is -3.26. The number of esters is 1. The van der Waals surface area contributed by atoms with Crippen molar-refractivity contribution in [2.24, 2.45) is 0 Å². The van der Waals surface area contributed by atoms with Crippen molar-refractivity contribution in [2.75, 3.05) is 45.4 Å². The Morgan fingerprint density at radius 2 is 1.79 bits per heavy atom. The molecule has 2 amide bonds. The van der Waals surface area contributed by atoms with E-state index in [1.807, 2.05) is 18.2 Å². The number of hydrogen-bond donors (Lipinski definition) is 1. The fraction of sp³-hybridized carbons (Fsp3) is 0.333. The quantitative estimate of drug-likeness (QED) is 0.799. The van der Waals surface area contributed by atoms with Crippen molar-refractivity contribution in [3.05, 3.63) is 53.6 Å². The summed E-state index contributed by atoms with van der Waals surface area (Å²) in [6.07, 6.45) is 0. The summed E-state index contributed by atoms with van der Waals surface area (Å²) in [4.78, 5) is 28.6. The number of methoxy groups -OCH3 is 1. The molecule has 0 bridgehead atoms. The van der Waals surface area contributed by atoms with Crippen molar-refractivity contribution in [1.82, 2.24) is 9.80 Å². The second-order valence-electron chi connectivity index (χ2n) is 6.92. The maximum atomic E-state index is 12.6. The molecule has 8 nitrogen and oxygen atoms in total. The van der Waals surface area contributed by atoms with Gasteiger partial charge in [0.15, 0.2) is 11.5 Å². The molecule has 0 atom stereocenters. The van der Waals surface area contributed by atoms with Gasteiger partial charge in [-0.05, 0) is 29.8 Å². The first-order valence-electron chi connectivity index (χ1n) is 9.48. The summed E-state index contributed by atoms with van der Waals surface area (Å²) < 4.78 is 15.6. The van der Waals surface area contributed by atoms with E-state index in [1.165, 1.54) is 7.11 Å². The number of fused-ring (bicyclic) bond motifs is 1. The van der Waals surface area contributed by atoms with Gasteiger partial charge in [-0.2, -0.15) is 0 Å². The summed E-state index contributed by atoms with van der Waals surface area (Å²) in [5.74, 6) is 1.08. The van der Waals surface area contributed by atoms with Gasteiger partial charge in [0.05, 0.1) is 18.4 Å². The summed E-state index contributed by atoms with van der Waals surface area (Å²) in [5, 5.41) is 2.83. The van der Waals surface area contributed by atoms with Crippen molar-refractivity contribution in [3.8, 4) is 11.5 Å². The minimum atomic E-state index is -0.477. The van der Waals surface area contributed by atoms with Crippen LogP contribution >= 0.6 is 0 Å². The lowest BCUT2D eigenvalue weighted by Gasteiger charge is -2.34. The molecule has 2 aliphatic heterocycles. The summed E-state index contributed by atoms with van der Waals surface area (Å²) in [6.45, 7) is 3.80. The number of amides is 2. The van der Waals surface area contributed by atoms with Gasteiger partial charge in [0, 0.05) is 32.7 Å². The van der Waals surface area contributed by atoms with Crippen LogP contribution in [0.2, 0.25) is 0 Å². The van der Waals surface area contributed by atoms with Crippen molar-refractivity contribution >= 4 is 17.7 Å². The Labute approximate surface area is 168 Å². The van der Waals surface area contributed by atoms with Gasteiger partial charge in [0.2, 0.25) is 6.79 Å². The molecule has 0 spiro atoms. The molecule has 0 radical (unpaired) electrons. The first kappa shape index (κ1) is 19.1. The van der Waals surface area contributed by atoms with Gasteiger partial charge in [-0.3, -0.25) is 4.90 Å². The van der Waals surface area contributed by atoms with Crippen molar-refractivity contribution in [3.63, 3.8) is 0 Å². The number of carbonyl (C=O) groups is 2. The monoisotopic (exact) mass is 397 g/mol. The maximum Gasteiger partial charge on any atom is 0.339 e. The fourth-order valence-corrected chi connectivity index (χ4v) is 3.48. The van der Waals surface area contributed by atoms with E-state index >= 15 is 0 Å². The van der Waals surface area contributed by atoms with Gasteiger partial charge in [-0.1, -0.05) is 18.2 Å². The second-order valence-corrected chi connectivity index (χ2v) is 6.92. The predicted octanol–water partition coefficient (Wildman–Crippen LogP) is 2.55. The molecule has 0 aromatic heterocycles. The summed E-state index contributed by atoms with van der Waals surface area (Å²) >= 11 is 0. The number of ether oxygens (including phenoxy) is 3. The highest BCUT2D eigenvalue weighted by Crippen LogP contribution is 2.32. The number of piperazine rings is 1. The third-order valence-corrected chi connectivity index (χ3v) is 5.08. The van der Waals surface area contributed by atoms with E-state index < -0.39 is 5.97 Å². The average molecular weight is 397 g/mol. The first-order chi connectivity index (χ1) is 14.1. The molecule has 1 saturated heterocycles. The van der Waals surface area contributed by atoms with Gasteiger partial charge < -0.3 is 24.4 Å². The highest BCUT2D eigenvalue weighted by Gasteiger charge is 2.23. The SMILES string of the molecule is COC(=O)c1ccccc1NC(=O)N1CCN(Cc2ccc3c(c2)OCO3)CC1. The van der Waals surface area contributed by atoms with Crippen molar-refractivity contribution in [1.29, 1.82) is 0 Å². The molecule has 8 heteroatoms. The fourth-order valence-electron chi connectivity index (χ4n) is 3.48. The van der Waals surface area contributed by atoms with E-state index in [9.17, 15) is 9.59 Å². The number of rotatable bonds is 4. The molecule has 0 saturated carbocycles. The van der Waals surface area contributed by atoms with Gasteiger partial charge in [-0.15, -0.1) is 0 Å². The van der Waals surface area contributed by atoms with Crippen LogP contribution in [-0.4, -0.2) is 61.9 Å². The van der Waals surface area contributed by atoms with Crippen LogP contribution in [0.25, 0.3) is 0 Å². The molecule has 1 fully saturated rings. The first-order valence-corrected chi connectivity index (χ1v) is 9.48. The highest BCUT2D eigenvalue weighted by molar-refractivity contribution is 6.00. The Balaban J connectivity index is 1.32. The van der Waals surface area contributed by atoms with Gasteiger partial charge >= 0.3 is 12.0 Å². The smallest absolute Gasteiger partial charge is 0.339 e. The lowest BCUT2D eigenvalue weighted by Crippen LogP contribution is -2.49. The summed E-state index contributed by atoms with van der Waals surface area (Å²) in [6, 6.07) is 12.6. The third-order valence-electron chi connectivity index (χ3n) is 5.08. The lowest BCUT2D eigenvalue weighted by molar-refractivity contribution is 0.0602. The lowest BCUT2D eigenvalue weighted by atomic mass is 10.1. The van der Waals surface area contributed by atoms with Crippen LogP contribution in [0.1, 0.15) is 15.9 Å². The molecule has 0 aliphatic carbocycles. The van der Waals surface area contributed by atoms with Crippen LogP contribution in [-0.2, 0) is 11.3 Å².